The van der Waals surface area contributed by atoms with Crippen molar-refractivity contribution >= 4 is 0 Å². The average Bonchev–Trinajstić information content (AvgIpc) is 2.68. The highest BCUT2D eigenvalue weighted by atomic mass is 16.3. The topological polar surface area (TPSA) is 50.1 Å². The van der Waals surface area contributed by atoms with Crippen LogP contribution in [0.5, 0.6) is 0 Å². The quantitative estimate of drug-likeness (QED) is 0.861. The highest BCUT2D eigenvalue weighted by Gasteiger charge is 2.08. The Morgan fingerprint density at radius 2 is 1.95 bits per heavy atom. The van der Waals surface area contributed by atoms with Crippen LogP contribution in [-0.2, 0) is 13.6 Å². The molecule has 1 aromatic carbocycles. The molecule has 1 unspecified atom stereocenters. The maximum absolute atomic E-state index is 10.1. The minimum absolute atomic E-state index is 0.474. The minimum Gasteiger partial charge on any atom is -0.387 e. The molecule has 4 heteroatoms. The molecular formula is C15H21N3O. The van der Waals surface area contributed by atoms with Gasteiger partial charge in [-0.15, -0.1) is 0 Å². The first-order chi connectivity index (χ1) is 9.06. The molecule has 2 rings (SSSR count). The Balaban J connectivity index is 1.85. The molecule has 0 spiro atoms. The molecule has 0 aliphatic carbocycles. The third-order valence-electron chi connectivity index (χ3n) is 3.23. The van der Waals surface area contributed by atoms with Crippen molar-refractivity contribution in [2.24, 2.45) is 7.05 Å². The molecule has 102 valence electrons. The molecule has 1 heterocycles. The third kappa shape index (κ3) is 3.66. The van der Waals surface area contributed by atoms with Gasteiger partial charge in [0.15, 0.2) is 0 Å². The zero-order valence-corrected chi connectivity index (χ0v) is 11.7. The van der Waals surface area contributed by atoms with E-state index < -0.39 is 6.10 Å². The second kappa shape index (κ2) is 5.99. The van der Waals surface area contributed by atoms with E-state index in [-0.39, 0.29) is 0 Å². The van der Waals surface area contributed by atoms with E-state index in [1.807, 2.05) is 56.0 Å². The molecule has 1 atom stereocenters. The summed E-state index contributed by atoms with van der Waals surface area (Å²) < 4.78 is 1.81. The van der Waals surface area contributed by atoms with Crippen molar-refractivity contribution in [3.8, 4) is 0 Å². The number of aliphatic hydroxyl groups excluding tert-OH is 1. The maximum atomic E-state index is 10.1. The van der Waals surface area contributed by atoms with Crippen LogP contribution in [0.4, 0.5) is 0 Å². The van der Waals surface area contributed by atoms with Gasteiger partial charge >= 0.3 is 0 Å². The van der Waals surface area contributed by atoms with Gasteiger partial charge in [0.2, 0.25) is 0 Å². The van der Waals surface area contributed by atoms with Crippen LogP contribution in [0.2, 0.25) is 0 Å². The summed E-state index contributed by atoms with van der Waals surface area (Å²) in [6.07, 6.45) is 1.53. The monoisotopic (exact) mass is 259 g/mol. The van der Waals surface area contributed by atoms with Gasteiger partial charge in [0.05, 0.1) is 11.8 Å². The summed E-state index contributed by atoms with van der Waals surface area (Å²) in [5.41, 5.74) is 4.34. The van der Waals surface area contributed by atoms with Crippen molar-refractivity contribution in [2.75, 3.05) is 6.54 Å². The summed E-state index contributed by atoms with van der Waals surface area (Å²) in [6.45, 7) is 5.30. The molecule has 1 aromatic heterocycles. The molecule has 0 saturated carbocycles. The standard InChI is InChI=1S/C15H21N3O/c1-11-4-6-13(7-5-11)15(19)9-16-8-14-10-18(3)17-12(14)2/h4-7,10,15-16,19H,8-9H2,1-3H3. The molecule has 0 bridgehead atoms. The van der Waals surface area contributed by atoms with Crippen molar-refractivity contribution in [2.45, 2.75) is 26.5 Å². The Hall–Kier alpha value is -1.65. The molecule has 19 heavy (non-hydrogen) atoms. The lowest BCUT2D eigenvalue weighted by Gasteiger charge is -2.12. The smallest absolute Gasteiger partial charge is 0.0914 e. The maximum Gasteiger partial charge on any atom is 0.0914 e. The van der Waals surface area contributed by atoms with Gasteiger partial charge in [0, 0.05) is 31.9 Å². The number of hydrogen-bond acceptors (Lipinski definition) is 3. The van der Waals surface area contributed by atoms with Gasteiger partial charge in [-0.1, -0.05) is 29.8 Å². The fraction of sp³-hybridized carbons (Fsp3) is 0.400. The van der Waals surface area contributed by atoms with Gasteiger partial charge in [-0.2, -0.15) is 5.10 Å². The Kier molecular flexibility index (Phi) is 4.35. The highest BCUT2D eigenvalue weighted by Crippen LogP contribution is 2.13. The van der Waals surface area contributed by atoms with Gasteiger partial charge in [0.25, 0.3) is 0 Å². The number of nitrogens with zero attached hydrogens (tertiary/aromatic N) is 2. The van der Waals surface area contributed by atoms with Crippen molar-refractivity contribution in [3.63, 3.8) is 0 Å². The van der Waals surface area contributed by atoms with Crippen LogP contribution in [0.25, 0.3) is 0 Å². The SMILES string of the molecule is Cc1ccc(C(O)CNCc2cn(C)nc2C)cc1. The van der Waals surface area contributed by atoms with Crippen LogP contribution in [-0.4, -0.2) is 21.4 Å². The van der Waals surface area contributed by atoms with Gasteiger partial charge in [-0.3, -0.25) is 4.68 Å². The van der Waals surface area contributed by atoms with Crippen molar-refractivity contribution in [1.29, 1.82) is 0 Å². The van der Waals surface area contributed by atoms with Gasteiger partial charge < -0.3 is 10.4 Å². The number of aromatic nitrogens is 2. The number of rotatable bonds is 5. The number of hydrogen-bond donors (Lipinski definition) is 2. The number of benzene rings is 1. The summed E-state index contributed by atoms with van der Waals surface area (Å²) in [4.78, 5) is 0. The summed E-state index contributed by atoms with van der Waals surface area (Å²) in [5, 5.41) is 17.6. The molecule has 0 fully saturated rings. The van der Waals surface area contributed by atoms with Crippen LogP contribution in [0, 0.1) is 13.8 Å². The van der Waals surface area contributed by atoms with E-state index in [2.05, 4.69) is 10.4 Å². The summed E-state index contributed by atoms with van der Waals surface area (Å²) >= 11 is 0. The van der Waals surface area contributed by atoms with E-state index in [0.29, 0.717) is 6.54 Å². The normalized spacial score (nSPS) is 12.6. The average molecular weight is 259 g/mol. The van der Waals surface area contributed by atoms with Gasteiger partial charge in [-0.05, 0) is 19.4 Å². The number of nitrogens with one attached hydrogen (secondary N) is 1. The molecule has 2 aromatic rings. The summed E-state index contributed by atoms with van der Waals surface area (Å²) in [6, 6.07) is 7.97. The van der Waals surface area contributed by atoms with E-state index in [1.54, 1.807) is 0 Å². The van der Waals surface area contributed by atoms with Crippen LogP contribution in [0.15, 0.2) is 30.5 Å². The molecule has 0 radical (unpaired) electrons. The zero-order chi connectivity index (χ0) is 13.8. The Labute approximate surface area is 114 Å². The largest absolute Gasteiger partial charge is 0.387 e. The summed E-state index contributed by atoms with van der Waals surface area (Å²) in [5.74, 6) is 0. The number of aliphatic hydroxyl groups is 1. The van der Waals surface area contributed by atoms with Gasteiger partial charge in [0.1, 0.15) is 0 Å². The number of aryl methyl sites for hydroxylation is 3. The van der Waals surface area contributed by atoms with Gasteiger partial charge in [-0.25, -0.2) is 0 Å². The molecule has 0 aliphatic heterocycles. The lowest BCUT2D eigenvalue weighted by molar-refractivity contribution is 0.174. The lowest BCUT2D eigenvalue weighted by atomic mass is 10.1. The lowest BCUT2D eigenvalue weighted by Crippen LogP contribution is -2.21. The van der Waals surface area contributed by atoms with Crippen LogP contribution >= 0.6 is 0 Å². The molecular weight excluding hydrogens is 238 g/mol. The molecule has 0 saturated heterocycles. The Bertz CT molecular complexity index is 531. The third-order valence-corrected chi connectivity index (χ3v) is 3.23. The minimum atomic E-state index is -0.474. The van der Waals surface area contributed by atoms with Crippen LogP contribution < -0.4 is 5.32 Å². The Morgan fingerprint density at radius 3 is 2.53 bits per heavy atom. The van der Waals surface area contributed by atoms with Crippen LogP contribution in [0.1, 0.15) is 28.5 Å². The molecule has 0 aliphatic rings. The first kappa shape index (κ1) is 13.8. The summed E-state index contributed by atoms with van der Waals surface area (Å²) in [7, 11) is 1.91. The van der Waals surface area contributed by atoms with Crippen molar-refractivity contribution in [1.82, 2.24) is 15.1 Å². The highest BCUT2D eigenvalue weighted by molar-refractivity contribution is 5.23. The second-order valence-electron chi connectivity index (χ2n) is 4.97. The van der Waals surface area contributed by atoms with E-state index >= 15 is 0 Å². The van der Waals surface area contributed by atoms with Crippen molar-refractivity contribution < 1.29 is 5.11 Å². The fourth-order valence-electron chi connectivity index (χ4n) is 2.07. The molecule has 2 N–H and O–H groups in total. The molecule has 0 amide bonds. The van der Waals surface area contributed by atoms with Crippen molar-refractivity contribution in [3.05, 3.63) is 52.8 Å². The van der Waals surface area contributed by atoms with Crippen LogP contribution in [0.3, 0.4) is 0 Å². The predicted octanol–water partition coefficient (Wildman–Crippen LogP) is 1.86. The van der Waals surface area contributed by atoms with E-state index in [9.17, 15) is 5.11 Å². The molecule has 4 nitrogen and oxygen atoms in total. The van der Waals surface area contributed by atoms with E-state index in [1.165, 1.54) is 11.1 Å². The van der Waals surface area contributed by atoms with E-state index in [0.717, 1.165) is 17.8 Å². The first-order valence-electron chi connectivity index (χ1n) is 6.50. The first-order valence-corrected chi connectivity index (χ1v) is 6.50. The Morgan fingerprint density at radius 1 is 1.26 bits per heavy atom. The second-order valence-corrected chi connectivity index (χ2v) is 4.97. The fourth-order valence-corrected chi connectivity index (χ4v) is 2.07. The zero-order valence-electron chi connectivity index (χ0n) is 11.7. The predicted molar refractivity (Wildman–Crippen MR) is 75.8 cm³/mol. The van der Waals surface area contributed by atoms with E-state index in [4.69, 9.17) is 0 Å².